The van der Waals surface area contributed by atoms with Crippen molar-refractivity contribution in [3.8, 4) is 0 Å². The predicted octanol–water partition coefficient (Wildman–Crippen LogP) is -13.1. The molecule has 0 aliphatic carbocycles. The van der Waals surface area contributed by atoms with Gasteiger partial charge in [-0.15, -0.1) is 38.2 Å². The highest BCUT2D eigenvalue weighted by atomic mass is 14.9. The summed E-state index contributed by atoms with van der Waals surface area (Å²) in [5.41, 5.74) is 0.454. The molecule has 186 valence electrons. The van der Waals surface area contributed by atoms with E-state index in [1.165, 1.54) is 0 Å². The largest absolute Gasteiger partial charge is 0.309 e. The first-order valence-electron chi connectivity index (χ1n) is 14.9. The third kappa shape index (κ3) is 4.16. The smallest absolute Gasteiger partial charge is 0.115 e. The summed E-state index contributed by atoms with van der Waals surface area (Å²) in [4.78, 5) is 0. The Balaban J connectivity index is 2.25. The van der Waals surface area contributed by atoms with Gasteiger partial charge in [0, 0.05) is 16.4 Å². The van der Waals surface area contributed by atoms with Gasteiger partial charge in [-0.1, -0.05) is 65.7 Å². The maximum atomic E-state index is 6.93. The second-order valence-electron chi connectivity index (χ2n) is 12.5. The molecule has 7 aromatic rings. The highest BCUT2D eigenvalue weighted by Gasteiger charge is 2.26. The molecule has 0 atom stereocenters. The van der Waals surface area contributed by atoms with Crippen molar-refractivity contribution in [1.82, 2.24) is 4.40 Å². The number of hydrogen-bond acceptors (Lipinski definition) is 0. The van der Waals surface area contributed by atoms with Crippen LogP contribution in [0.15, 0.2) is 0 Å². The second-order valence-corrected chi connectivity index (χ2v) is 12.5. The van der Waals surface area contributed by atoms with Crippen LogP contribution in [0.5, 0.6) is 0 Å². The summed E-state index contributed by atoms with van der Waals surface area (Å²) in [6.07, 6.45) is 0. The van der Waals surface area contributed by atoms with Crippen molar-refractivity contribution in [3.63, 3.8) is 0 Å². The summed E-state index contributed by atoms with van der Waals surface area (Å²) >= 11 is 0. The fourth-order valence-corrected chi connectivity index (χ4v) is 7.27. The zero-order valence-electron chi connectivity index (χ0n) is 26.8. The molecule has 0 saturated heterocycles. The van der Waals surface area contributed by atoms with Crippen molar-refractivity contribution in [3.05, 3.63) is 5.56 Å². The zero-order valence-corrected chi connectivity index (χ0v) is 26.8. The van der Waals surface area contributed by atoms with Crippen molar-refractivity contribution >= 4 is 299 Å². The average molecular weight is 584 g/mol. The third-order valence-corrected chi connectivity index (χ3v) is 10.1. The van der Waals surface area contributed by atoms with Crippen molar-refractivity contribution < 1.29 is 0 Å². The first kappa shape index (κ1) is 35.5. The van der Waals surface area contributed by atoms with E-state index in [1.54, 1.807) is 11.3 Å². The van der Waals surface area contributed by atoms with Gasteiger partial charge in [-0.2, -0.15) is 0 Å². The van der Waals surface area contributed by atoms with Gasteiger partial charge in [0.05, 0.1) is 5.52 Å². The van der Waals surface area contributed by atoms with Crippen molar-refractivity contribution in [2.45, 2.75) is 6.92 Å². The maximum absolute atomic E-state index is 6.93. The summed E-state index contributed by atoms with van der Waals surface area (Å²) in [5, 5.41) is 1.29. The van der Waals surface area contributed by atoms with Crippen molar-refractivity contribution in [2.75, 3.05) is 0 Å². The van der Waals surface area contributed by atoms with Crippen LogP contribution in [-0.2, 0) is 0 Å². The lowest BCUT2D eigenvalue weighted by Crippen LogP contribution is -2.51. The lowest BCUT2D eigenvalue weighted by molar-refractivity contribution is 1.38. The first-order valence-corrected chi connectivity index (χ1v) is 14.9. The van der Waals surface area contributed by atoms with Gasteiger partial charge >= 0.3 is 0 Å². The fraction of sp³-hybridized carbons (Fsp3) is 0.0323. The molecule has 2 aromatic heterocycles. The number of benzene rings is 5. The lowest BCUT2D eigenvalue weighted by atomic mass is 9.59. The molecule has 7 rings (SSSR count). The second kappa shape index (κ2) is 11.5. The van der Waals surface area contributed by atoms with E-state index in [2.05, 4.69) is 0 Å². The number of aromatic nitrogens is 1. The average Bonchev–Trinajstić information content (AvgIpc) is 3.45. The van der Waals surface area contributed by atoms with Crippen molar-refractivity contribution in [1.29, 1.82) is 0 Å². The van der Waals surface area contributed by atoms with E-state index in [0.29, 0.717) is 16.3 Å². The molecule has 0 bridgehead atoms. The van der Waals surface area contributed by atoms with E-state index < -0.39 is 0 Å². The Morgan fingerprint density at radius 3 is 0.820 bits per heavy atom. The van der Waals surface area contributed by atoms with Crippen LogP contribution >= 0.6 is 0 Å². The van der Waals surface area contributed by atoms with Gasteiger partial charge in [-0.3, -0.25) is 0 Å². The minimum atomic E-state index is -0.0898. The first-order chi connectivity index (χ1) is 23.3. The van der Waals surface area contributed by atoms with Gasteiger partial charge in [0.1, 0.15) is 141 Å². The van der Waals surface area contributed by atoms with E-state index in [9.17, 15) is 0 Å². The molecule has 0 amide bonds. The van der Waals surface area contributed by atoms with Crippen LogP contribution in [0.25, 0.3) is 59.6 Å². The molecule has 19 heteroatoms. The Labute approximate surface area is 314 Å². The van der Waals surface area contributed by atoms with Crippen LogP contribution in [-0.4, -0.2) is 146 Å². The molecule has 0 N–H and O–H groups in total. The number of hydrogen-bond donors (Lipinski definition) is 0. The van der Waals surface area contributed by atoms with Crippen LogP contribution in [0.1, 0.15) is 5.56 Å². The van der Waals surface area contributed by atoms with Crippen molar-refractivity contribution in [2.24, 2.45) is 0 Å². The zero-order chi connectivity index (χ0) is 36.9. The molecule has 0 aliphatic rings. The maximum Gasteiger partial charge on any atom is 0.115 e. The standard InChI is InChI=1S/C31H3B18N/c1-2-11(32)9-10-19(40)20(41)17(38)7-5-3(13(34)21(42)23(44)15(5)36)4-6(16(37)24(45)22(43)14(4)35)8-18(39)25(46)26(47)28(49)30(8)50(29(7)10)31(9)27(48)12(2)33/h1H3. The van der Waals surface area contributed by atoms with E-state index >= 15 is 0 Å². The Bertz CT molecular complexity index is 2860. The van der Waals surface area contributed by atoms with E-state index in [0.717, 1.165) is 0 Å². The van der Waals surface area contributed by atoms with Crippen LogP contribution in [0.3, 0.4) is 0 Å². The van der Waals surface area contributed by atoms with Gasteiger partial charge in [0.25, 0.3) is 0 Å². The molecule has 1 nitrogen and oxygen atoms in total. The van der Waals surface area contributed by atoms with Gasteiger partial charge in [0.15, 0.2) is 0 Å². The van der Waals surface area contributed by atoms with Gasteiger partial charge in [0.2, 0.25) is 0 Å². The topological polar surface area (TPSA) is 4.41 Å². The molecular formula is C31H3B18N. The SMILES string of the molecule is [B]c1c([B])c([B])c2c(c1[B])c1c([B])c([B])c([B])c([B])c1c1c([B])c([B])c([B])c3c4c([B])c(C)c([B])c([B])c4n(c4c([B])c([B])c([B])c([B])c24)c13. The minimum absolute atomic E-state index is 0.0355. The molecule has 0 fully saturated rings. The minimum Gasteiger partial charge on any atom is -0.309 e. The summed E-state index contributed by atoms with van der Waals surface area (Å²) in [6, 6.07) is 0. The highest BCUT2D eigenvalue weighted by Crippen LogP contribution is 2.33. The van der Waals surface area contributed by atoms with Gasteiger partial charge < -0.3 is 4.40 Å². The molecule has 0 spiro atoms. The Hall–Kier alpha value is -2.93. The predicted molar refractivity (Wildman–Crippen MR) is 235 cm³/mol. The Kier molecular flexibility index (Phi) is 8.18. The molecular weight excluding hydrogens is 581 g/mol. The third-order valence-electron chi connectivity index (χ3n) is 10.1. The summed E-state index contributed by atoms with van der Waals surface area (Å²) in [6.45, 7) is 1.70. The van der Waals surface area contributed by atoms with E-state index in [4.69, 9.17) is 141 Å². The molecule has 0 saturated carbocycles. The Morgan fingerprint density at radius 2 is 0.440 bits per heavy atom. The molecule has 0 unspecified atom stereocenters. The van der Waals surface area contributed by atoms with Crippen LogP contribution < -0.4 is 98.3 Å². The quantitative estimate of drug-likeness (QED) is 0.156. The van der Waals surface area contributed by atoms with Crippen LogP contribution in [0.2, 0.25) is 0 Å². The highest BCUT2D eigenvalue weighted by molar-refractivity contribution is 6.75. The number of fused-ring (bicyclic) bond motifs is 10. The van der Waals surface area contributed by atoms with Crippen LogP contribution in [0.4, 0.5) is 0 Å². The molecule has 0 aliphatic heterocycles. The lowest BCUT2D eigenvalue weighted by Gasteiger charge is -2.24. The van der Waals surface area contributed by atoms with E-state index in [1.807, 2.05) is 0 Å². The normalized spacial score (nSPS) is 11.9. The summed E-state index contributed by atoms with van der Waals surface area (Å²) in [7, 11) is 121. The number of nitrogens with zero attached hydrogens (tertiary/aromatic N) is 1. The fourth-order valence-electron chi connectivity index (χ4n) is 7.27. The molecule has 50 heavy (non-hydrogen) atoms. The summed E-state index contributed by atoms with van der Waals surface area (Å²) < 4.78 is 1.60. The number of rotatable bonds is 0. The summed E-state index contributed by atoms with van der Waals surface area (Å²) in [5.74, 6) is 0. The van der Waals surface area contributed by atoms with Gasteiger partial charge in [-0.05, 0) is 44.6 Å². The Morgan fingerprint density at radius 1 is 0.220 bits per heavy atom. The van der Waals surface area contributed by atoms with Gasteiger partial charge in [-0.25, -0.2) is 0 Å². The molecule has 36 radical (unpaired) electrons. The van der Waals surface area contributed by atoms with Crippen LogP contribution in [0, 0.1) is 6.92 Å². The molecule has 2 heterocycles. The molecule has 5 aromatic carbocycles. The monoisotopic (exact) mass is 587 g/mol. The van der Waals surface area contributed by atoms with E-state index in [-0.39, 0.29) is 147 Å².